The molecule has 2 nitrogen and oxygen atoms in total. The normalized spacial score (nSPS) is 21.5. The Labute approximate surface area is 417 Å². The second kappa shape index (κ2) is 14.8. The first kappa shape index (κ1) is 47.7. The molecule has 0 saturated heterocycles. The van der Waals surface area contributed by atoms with E-state index in [-0.39, 0.29) is 56.1 Å². The first-order valence-electron chi connectivity index (χ1n) is 26.3. The second-order valence-electron chi connectivity index (χ2n) is 28.9. The van der Waals surface area contributed by atoms with Gasteiger partial charge in [0.2, 0.25) is 0 Å². The van der Waals surface area contributed by atoms with Crippen LogP contribution < -0.4 is 20.0 Å². The van der Waals surface area contributed by atoms with Crippen LogP contribution in [0.5, 0.6) is 0 Å². The highest BCUT2D eigenvalue weighted by Gasteiger charge is 2.52. The number of thiophene rings is 1. The van der Waals surface area contributed by atoms with Crippen molar-refractivity contribution < 1.29 is 0 Å². The molecule has 1 unspecified atom stereocenters. The molecule has 3 heterocycles. The molecular weight excluding hydrogens is 840 g/mol. The molecule has 4 heteroatoms. The Morgan fingerprint density at radius 3 is 1.60 bits per heavy atom. The van der Waals surface area contributed by atoms with Gasteiger partial charge < -0.3 is 9.80 Å². The summed E-state index contributed by atoms with van der Waals surface area (Å²) in [4.78, 5) is 5.64. The van der Waals surface area contributed by atoms with Gasteiger partial charge in [-0.15, -0.1) is 11.3 Å². The predicted octanol–water partition coefficient (Wildman–Crippen LogP) is 16.9. The lowest BCUT2D eigenvalue weighted by molar-refractivity contribution is 0.332. The fourth-order valence-electron chi connectivity index (χ4n) is 12.8. The highest BCUT2D eigenvalue weighted by atomic mass is 32.1. The molecule has 4 aromatic carbocycles. The van der Waals surface area contributed by atoms with E-state index in [4.69, 9.17) is 0 Å². The van der Waals surface area contributed by atoms with E-state index in [0.717, 1.165) is 6.42 Å². The summed E-state index contributed by atoms with van der Waals surface area (Å²) in [5, 5.41) is 1.45. The quantitative estimate of drug-likeness (QED) is 0.163. The minimum absolute atomic E-state index is 0.00499. The predicted molar refractivity (Wildman–Crippen MR) is 300 cm³/mol. The molecule has 0 radical (unpaired) electrons. The van der Waals surface area contributed by atoms with Gasteiger partial charge in [0, 0.05) is 37.6 Å². The number of hydrogen-bond acceptors (Lipinski definition) is 3. The lowest BCUT2D eigenvalue weighted by Crippen LogP contribution is -2.61. The molecule has 0 N–H and O–H groups in total. The molecule has 358 valence electrons. The molecule has 0 fully saturated rings. The lowest BCUT2D eigenvalue weighted by Gasteiger charge is -2.51. The van der Waals surface area contributed by atoms with Gasteiger partial charge in [-0.3, -0.25) is 0 Å². The largest absolute Gasteiger partial charge is 0.334 e. The van der Waals surface area contributed by atoms with Crippen LogP contribution in [0.15, 0.2) is 89.5 Å². The molecule has 1 atom stereocenters. The van der Waals surface area contributed by atoms with Crippen molar-refractivity contribution in [3.8, 4) is 0 Å². The minimum Gasteiger partial charge on any atom is -0.334 e. The van der Waals surface area contributed by atoms with Crippen molar-refractivity contribution in [1.29, 1.82) is 0 Å². The van der Waals surface area contributed by atoms with Crippen LogP contribution in [0.3, 0.4) is 0 Å². The van der Waals surface area contributed by atoms with Gasteiger partial charge in [-0.25, -0.2) is 0 Å². The number of allylic oxidation sites excluding steroid dienone is 1. The van der Waals surface area contributed by atoms with E-state index in [9.17, 15) is 0 Å². The summed E-state index contributed by atoms with van der Waals surface area (Å²) in [6, 6.07) is 28.4. The van der Waals surface area contributed by atoms with E-state index in [2.05, 4.69) is 232 Å². The lowest BCUT2D eigenvalue weighted by atomic mass is 9.33. The van der Waals surface area contributed by atoms with E-state index in [1.807, 2.05) is 0 Å². The van der Waals surface area contributed by atoms with Crippen molar-refractivity contribution >= 4 is 61.1 Å². The molecule has 10 rings (SSSR count). The molecule has 0 saturated carbocycles. The van der Waals surface area contributed by atoms with Crippen LogP contribution in [0.2, 0.25) is 0 Å². The van der Waals surface area contributed by atoms with Crippen LogP contribution in [0.25, 0.3) is 10.1 Å². The Kier molecular flexibility index (Phi) is 10.4. The number of hydrogen-bond donors (Lipinski definition) is 0. The van der Waals surface area contributed by atoms with Crippen LogP contribution in [0.1, 0.15) is 210 Å². The third kappa shape index (κ3) is 7.44. The number of fused-ring (bicyclic) bond motifs is 8. The van der Waals surface area contributed by atoms with E-state index in [0.29, 0.717) is 0 Å². The van der Waals surface area contributed by atoms with Crippen molar-refractivity contribution in [2.75, 3.05) is 9.80 Å². The number of benzene rings is 4. The average Bonchev–Trinajstić information content (AvgIpc) is 3.60. The summed E-state index contributed by atoms with van der Waals surface area (Å²) >= 11 is 2.10. The maximum absolute atomic E-state index is 2.91. The highest BCUT2D eigenvalue weighted by molar-refractivity contribution is 7.32. The van der Waals surface area contributed by atoms with Gasteiger partial charge >= 0.3 is 0 Å². The summed E-state index contributed by atoms with van der Waals surface area (Å²) in [6.07, 6.45) is 8.49. The topological polar surface area (TPSA) is 6.48 Å². The van der Waals surface area contributed by atoms with Crippen LogP contribution in [0, 0.1) is 5.41 Å². The molecule has 1 aromatic heterocycles. The second-order valence-corrected chi connectivity index (χ2v) is 30.0. The van der Waals surface area contributed by atoms with E-state index < -0.39 is 0 Å². The molecule has 3 aliphatic carbocycles. The van der Waals surface area contributed by atoms with E-state index >= 15 is 0 Å². The Morgan fingerprint density at radius 1 is 0.529 bits per heavy atom. The number of nitrogens with zero attached hydrogens (tertiary/aromatic N) is 2. The van der Waals surface area contributed by atoms with Gasteiger partial charge in [-0.2, -0.15) is 0 Å². The zero-order valence-electron chi connectivity index (χ0n) is 45.9. The van der Waals surface area contributed by atoms with Crippen LogP contribution in [0.4, 0.5) is 22.7 Å². The van der Waals surface area contributed by atoms with E-state index in [1.165, 1.54) is 108 Å². The van der Waals surface area contributed by atoms with Crippen molar-refractivity contribution in [1.82, 2.24) is 0 Å². The standard InChI is InChI=1S/C64H83BN2S/c1-57(2,3)38-21-24-50-49(32-38)65-54-51(66(50)43-30-39(58(4,5)6)29-40(31-43)59(7,8)9)33-41(60(10,11)12)34-52(54)67(42-22-23-45-46(35-42)62(15,16)26-25-61(45,13)14)55-44-36-47-48(37-53(44)68-56(55)65)64(19,20)28-27-63(47,17)18/h21-24,29-33,35-37,52H,25-28,34H2,1-20H3. The first-order valence-corrected chi connectivity index (χ1v) is 27.1. The van der Waals surface area contributed by atoms with Crippen molar-refractivity contribution in [2.45, 2.75) is 215 Å². The van der Waals surface area contributed by atoms with Crippen molar-refractivity contribution in [2.24, 2.45) is 5.41 Å². The van der Waals surface area contributed by atoms with Crippen LogP contribution in [-0.2, 0) is 37.9 Å². The molecule has 68 heavy (non-hydrogen) atoms. The zero-order chi connectivity index (χ0) is 49.4. The Bertz CT molecular complexity index is 2950. The average molecular weight is 923 g/mol. The third-order valence-corrected chi connectivity index (χ3v) is 19.0. The van der Waals surface area contributed by atoms with Crippen molar-refractivity contribution in [3.63, 3.8) is 0 Å². The summed E-state index contributed by atoms with van der Waals surface area (Å²) in [6.45, 7) is 48.9. The molecule has 0 amide bonds. The Morgan fingerprint density at radius 2 is 1.06 bits per heavy atom. The third-order valence-electron chi connectivity index (χ3n) is 17.8. The highest BCUT2D eigenvalue weighted by Crippen LogP contribution is 2.56. The SMILES string of the molecule is CC(C)(C)C1=CC2=C3B(c4cc(C(C)(C)C)ccc4N2c2cc(C(C)(C)C)cc(C(C)(C)C)c2)c2sc4cc5c(cc4c2N(c2ccc4c(c2)C(C)(C)CCC4(C)C)C3C1)C(C)(C)CCC5(C)C. The first-order chi connectivity index (χ1) is 31.2. The summed E-state index contributed by atoms with van der Waals surface area (Å²) < 4.78 is 2.95. The van der Waals surface area contributed by atoms with Gasteiger partial charge in [-0.1, -0.05) is 168 Å². The molecule has 5 aromatic rings. The van der Waals surface area contributed by atoms with E-state index in [1.54, 1.807) is 16.6 Å². The van der Waals surface area contributed by atoms with Gasteiger partial charge in [0.15, 0.2) is 0 Å². The molecule has 5 aliphatic rings. The zero-order valence-corrected chi connectivity index (χ0v) is 46.7. The molecule has 2 aliphatic heterocycles. The summed E-state index contributed by atoms with van der Waals surface area (Å²) in [5.74, 6) is 0. The monoisotopic (exact) mass is 923 g/mol. The molecule has 0 bridgehead atoms. The molecular formula is C64H83BN2S. The minimum atomic E-state index is -0.0287. The van der Waals surface area contributed by atoms with Crippen molar-refractivity contribution in [3.05, 3.63) is 128 Å². The van der Waals surface area contributed by atoms with Crippen LogP contribution >= 0.6 is 11.3 Å². The summed E-state index contributed by atoms with van der Waals surface area (Å²) in [7, 11) is 0. The maximum atomic E-state index is 2.91. The Hall–Kier alpha value is -4.02. The molecule has 0 spiro atoms. The van der Waals surface area contributed by atoms with Gasteiger partial charge in [0.1, 0.15) is 0 Å². The van der Waals surface area contributed by atoms with Gasteiger partial charge in [0.05, 0.1) is 11.7 Å². The summed E-state index contributed by atoms with van der Waals surface area (Å²) in [5.41, 5.74) is 22.1. The smallest absolute Gasteiger partial charge is 0.259 e. The number of anilines is 4. The number of rotatable bonds is 2. The Balaban J connectivity index is 1.37. The fraction of sp³-hybridized carbons (Fsp3) is 0.531. The van der Waals surface area contributed by atoms with Gasteiger partial charge in [-0.05, 0) is 174 Å². The van der Waals surface area contributed by atoms with Crippen LogP contribution in [-0.4, -0.2) is 12.8 Å². The fourth-order valence-corrected chi connectivity index (χ4v) is 14.2. The maximum Gasteiger partial charge on any atom is 0.259 e. The van der Waals surface area contributed by atoms with Gasteiger partial charge in [0.25, 0.3) is 6.71 Å².